The zero-order chi connectivity index (χ0) is 13.1. The second kappa shape index (κ2) is 5.75. The van der Waals surface area contributed by atoms with Crippen molar-refractivity contribution in [2.24, 2.45) is 0 Å². The summed E-state index contributed by atoms with van der Waals surface area (Å²) in [4.78, 5) is 14.7. The van der Waals surface area contributed by atoms with E-state index in [0.717, 1.165) is 30.3 Å². The van der Waals surface area contributed by atoms with Crippen LogP contribution in [0.1, 0.15) is 42.7 Å². The Bertz CT molecular complexity index is 534. The molecule has 2 aromatic heterocycles. The molecular formula is C14H18N4S. The molecule has 0 amide bonds. The molecule has 0 bridgehead atoms. The summed E-state index contributed by atoms with van der Waals surface area (Å²) in [6.07, 6.45) is 7.26. The zero-order valence-corrected chi connectivity index (χ0v) is 11.9. The highest BCUT2D eigenvalue weighted by Crippen LogP contribution is 2.43. The molecule has 3 rings (SSSR count). The molecule has 0 aliphatic heterocycles. The van der Waals surface area contributed by atoms with Gasteiger partial charge < -0.3 is 5.32 Å². The third-order valence-electron chi connectivity index (χ3n) is 3.16. The standard InChI is InChI=1S/C14H18N4S/c1-2-6-15-9-11-12(10-4-5-10)18-14(19-11)13-16-7-3-8-17-13/h3,7-8,10,15H,2,4-6,9H2,1H3. The van der Waals surface area contributed by atoms with Gasteiger partial charge in [0.15, 0.2) is 10.8 Å². The third-order valence-corrected chi connectivity index (χ3v) is 4.23. The molecule has 0 spiro atoms. The van der Waals surface area contributed by atoms with Gasteiger partial charge in [-0.3, -0.25) is 0 Å². The van der Waals surface area contributed by atoms with Gasteiger partial charge in [-0.25, -0.2) is 15.0 Å². The number of rotatable bonds is 6. The van der Waals surface area contributed by atoms with Gasteiger partial charge in [-0.05, 0) is 31.9 Å². The van der Waals surface area contributed by atoms with Crippen molar-refractivity contribution in [1.82, 2.24) is 20.3 Å². The van der Waals surface area contributed by atoms with Crippen molar-refractivity contribution in [1.29, 1.82) is 0 Å². The summed E-state index contributed by atoms with van der Waals surface area (Å²) in [5.74, 6) is 1.42. The zero-order valence-electron chi connectivity index (χ0n) is 11.1. The maximum atomic E-state index is 4.77. The molecule has 1 N–H and O–H groups in total. The van der Waals surface area contributed by atoms with Gasteiger partial charge in [-0.2, -0.15) is 0 Å². The van der Waals surface area contributed by atoms with E-state index in [-0.39, 0.29) is 0 Å². The van der Waals surface area contributed by atoms with E-state index in [4.69, 9.17) is 4.98 Å². The number of nitrogens with one attached hydrogen (secondary N) is 1. The van der Waals surface area contributed by atoms with Crippen molar-refractivity contribution in [3.63, 3.8) is 0 Å². The van der Waals surface area contributed by atoms with Crippen molar-refractivity contribution < 1.29 is 0 Å². The van der Waals surface area contributed by atoms with E-state index in [1.807, 2.05) is 6.07 Å². The van der Waals surface area contributed by atoms with E-state index in [1.165, 1.54) is 23.4 Å². The van der Waals surface area contributed by atoms with Crippen LogP contribution >= 0.6 is 11.3 Å². The van der Waals surface area contributed by atoms with Crippen LogP contribution in [0.5, 0.6) is 0 Å². The summed E-state index contributed by atoms with van der Waals surface area (Å²) in [6.45, 7) is 4.16. The molecule has 1 saturated carbocycles. The van der Waals surface area contributed by atoms with Crippen molar-refractivity contribution in [2.75, 3.05) is 6.54 Å². The van der Waals surface area contributed by atoms with Gasteiger partial charge in [0.05, 0.1) is 5.69 Å². The van der Waals surface area contributed by atoms with Crippen LogP contribution in [-0.2, 0) is 6.54 Å². The fourth-order valence-electron chi connectivity index (χ4n) is 2.05. The molecule has 2 aromatic rings. The summed E-state index contributed by atoms with van der Waals surface area (Å²) in [5, 5.41) is 4.42. The summed E-state index contributed by atoms with van der Waals surface area (Å²) in [6, 6.07) is 1.84. The number of hydrogen-bond donors (Lipinski definition) is 1. The van der Waals surface area contributed by atoms with Crippen LogP contribution in [0.2, 0.25) is 0 Å². The maximum absolute atomic E-state index is 4.77. The maximum Gasteiger partial charge on any atom is 0.188 e. The lowest BCUT2D eigenvalue weighted by molar-refractivity contribution is 0.676. The van der Waals surface area contributed by atoms with E-state index >= 15 is 0 Å². The second-order valence-corrected chi connectivity index (χ2v) is 5.93. The Morgan fingerprint density at radius 3 is 2.79 bits per heavy atom. The normalized spacial score (nSPS) is 14.8. The lowest BCUT2D eigenvalue weighted by Gasteiger charge is -2.01. The summed E-state index contributed by atoms with van der Waals surface area (Å²) >= 11 is 1.73. The van der Waals surface area contributed by atoms with E-state index in [1.54, 1.807) is 23.7 Å². The van der Waals surface area contributed by atoms with Crippen molar-refractivity contribution in [3.05, 3.63) is 29.0 Å². The van der Waals surface area contributed by atoms with Crippen molar-refractivity contribution >= 4 is 11.3 Å². The third kappa shape index (κ3) is 2.98. The van der Waals surface area contributed by atoms with Crippen molar-refractivity contribution in [2.45, 2.75) is 38.6 Å². The van der Waals surface area contributed by atoms with E-state index < -0.39 is 0 Å². The van der Waals surface area contributed by atoms with Gasteiger partial charge >= 0.3 is 0 Å². The number of nitrogens with zero attached hydrogens (tertiary/aromatic N) is 3. The molecule has 2 heterocycles. The number of thiazole rings is 1. The SMILES string of the molecule is CCCNCc1sc(-c2ncccn2)nc1C1CC1. The predicted octanol–water partition coefficient (Wildman–Crippen LogP) is 2.98. The van der Waals surface area contributed by atoms with Crippen LogP contribution in [0, 0.1) is 0 Å². The fraction of sp³-hybridized carbons (Fsp3) is 0.500. The second-order valence-electron chi connectivity index (χ2n) is 4.85. The van der Waals surface area contributed by atoms with Gasteiger partial charge in [-0.15, -0.1) is 11.3 Å². The number of aromatic nitrogens is 3. The molecule has 1 aliphatic rings. The van der Waals surface area contributed by atoms with E-state index in [0.29, 0.717) is 5.92 Å². The average molecular weight is 274 g/mol. The first-order valence-corrected chi connectivity index (χ1v) is 7.68. The molecule has 0 aromatic carbocycles. The van der Waals surface area contributed by atoms with Gasteiger partial charge in [0, 0.05) is 29.7 Å². The molecule has 0 atom stereocenters. The Morgan fingerprint density at radius 2 is 2.11 bits per heavy atom. The van der Waals surface area contributed by atoms with Crippen LogP contribution in [0.15, 0.2) is 18.5 Å². The Balaban J connectivity index is 1.84. The van der Waals surface area contributed by atoms with Crippen LogP contribution < -0.4 is 5.32 Å². The minimum Gasteiger partial charge on any atom is -0.312 e. The van der Waals surface area contributed by atoms with Crippen LogP contribution in [0.4, 0.5) is 0 Å². The quantitative estimate of drug-likeness (QED) is 0.823. The predicted molar refractivity (Wildman–Crippen MR) is 77.1 cm³/mol. The lowest BCUT2D eigenvalue weighted by atomic mass is 10.2. The van der Waals surface area contributed by atoms with Gasteiger partial charge in [0.1, 0.15) is 0 Å². The van der Waals surface area contributed by atoms with E-state index in [9.17, 15) is 0 Å². The Labute approximate surface area is 117 Å². The highest BCUT2D eigenvalue weighted by atomic mass is 32.1. The highest BCUT2D eigenvalue weighted by Gasteiger charge is 2.29. The minimum absolute atomic E-state index is 0.673. The average Bonchev–Trinajstić information content (AvgIpc) is 3.21. The highest BCUT2D eigenvalue weighted by molar-refractivity contribution is 7.15. The van der Waals surface area contributed by atoms with Gasteiger partial charge in [-0.1, -0.05) is 6.92 Å². The summed E-state index contributed by atoms with van der Waals surface area (Å²) in [5.41, 5.74) is 1.27. The van der Waals surface area contributed by atoms with E-state index in [2.05, 4.69) is 22.2 Å². The Hall–Kier alpha value is -1.33. The first kappa shape index (κ1) is 12.7. The largest absolute Gasteiger partial charge is 0.312 e. The first-order valence-electron chi connectivity index (χ1n) is 6.86. The molecule has 100 valence electrons. The lowest BCUT2D eigenvalue weighted by Crippen LogP contribution is -2.13. The van der Waals surface area contributed by atoms with Crippen molar-refractivity contribution in [3.8, 4) is 10.8 Å². The molecule has 0 saturated heterocycles. The molecule has 0 radical (unpaired) electrons. The monoisotopic (exact) mass is 274 g/mol. The van der Waals surface area contributed by atoms with Gasteiger partial charge in [0.25, 0.3) is 0 Å². The van der Waals surface area contributed by atoms with Crippen LogP contribution in [0.3, 0.4) is 0 Å². The molecule has 1 fully saturated rings. The summed E-state index contributed by atoms with van der Waals surface area (Å²) < 4.78 is 0. The van der Waals surface area contributed by atoms with Gasteiger partial charge in [0.2, 0.25) is 0 Å². The first-order chi connectivity index (χ1) is 9.38. The fourth-order valence-corrected chi connectivity index (χ4v) is 3.11. The van der Waals surface area contributed by atoms with Crippen LogP contribution in [0.25, 0.3) is 10.8 Å². The Morgan fingerprint density at radius 1 is 1.32 bits per heavy atom. The topological polar surface area (TPSA) is 50.7 Å². The number of hydrogen-bond acceptors (Lipinski definition) is 5. The molecule has 1 aliphatic carbocycles. The molecular weight excluding hydrogens is 256 g/mol. The summed E-state index contributed by atoms with van der Waals surface area (Å²) in [7, 11) is 0. The molecule has 5 heteroatoms. The smallest absolute Gasteiger partial charge is 0.188 e. The Kier molecular flexibility index (Phi) is 3.84. The van der Waals surface area contributed by atoms with Crippen LogP contribution in [-0.4, -0.2) is 21.5 Å². The molecule has 0 unspecified atom stereocenters. The minimum atomic E-state index is 0.673. The molecule has 19 heavy (non-hydrogen) atoms. The molecule has 4 nitrogen and oxygen atoms in total.